The summed E-state index contributed by atoms with van der Waals surface area (Å²) >= 11 is 5.88. The zero-order valence-corrected chi connectivity index (χ0v) is 12.6. The van der Waals surface area contributed by atoms with E-state index in [1.807, 2.05) is 0 Å². The maximum absolute atomic E-state index is 12.0. The largest absolute Gasteiger partial charge is 0.492 e. The van der Waals surface area contributed by atoms with Gasteiger partial charge in [0.25, 0.3) is 0 Å². The number of fused-ring (bicyclic) bond motifs is 1. The van der Waals surface area contributed by atoms with E-state index in [4.69, 9.17) is 16.3 Å². The van der Waals surface area contributed by atoms with Gasteiger partial charge in [0.1, 0.15) is 18.9 Å². The summed E-state index contributed by atoms with van der Waals surface area (Å²) in [6.45, 7) is -1.82. The molecule has 2 amide bonds. The highest BCUT2D eigenvalue weighted by atomic mass is 35.5. The van der Waals surface area contributed by atoms with Crippen molar-refractivity contribution in [3.8, 4) is 5.75 Å². The van der Waals surface area contributed by atoms with Crippen LogP contribution >= 0.6 is 11.6 Å². The van der Waals surface area contributed by atoms with E-state index in [2.05, 4.69) is 5.32 Å². The molecule has 2 rings (SSSR count). The van der Waals surface area contributed by atoms with Crippen LogP contribution in [0.4, 0.5) is 13.2 Å². The SMILES string of the molecule is O=C(CNC(=O)C1COc2ccc(Cl)cc2C1)NCC(F)(F)F. The maximum Gasteiger partial charge on any atom is 0.405 e. The van der Waals surface area contributed by atoms with Crippen LogP contribution in [0.5, 0.6) is 5.75 Å². The number of benzene rings is 1. The Morgan fingerprint density at radius 2 is 2.04 bits per heavy atom. The number of amides is 2. The first kappa shape index (κ1) is 17.4. The summed E-state index contributed by atoms with van der Waals surface area (Å²) in [4.78, 5) is 23.2. The third kappa shape index (κ3) is 5.31. The molecule has 2 N–H and O–H groups in total. The summed E-state index contributed by atoms with van der Waals surface area (Å²) in [6, 6.07) is 5.06. The molecule has 9 heteroatoms. The number of hydrogen-bond acceptors (Lipinski definition) is 3. The molecule has 0 saturated heterocycles. The lowest BCUT2D eigenvalue weighted by Gasteiger charge is -2.24. The van der Waals surface area contributed by atoms with Crippen molar-refractivity contribution in [3.63, 3.8) is 0 Å². The van der Waals surface area contributed by atoms with E-state index in [1.54, 1.807) is 23.5 Å². The van der Waals surface area contributed by atoms with Gasteiger partial charge in [-0.3, -0.25) is 9.59 Å². The first-order valence-corrected chi connectivity index (χ1v) is 7.15. The normalized spacial score (nSPS) is 17.0. The van der Waals surface area contributed by atoms with Crippen molar-refractivity contribution in [3.05, 3.63) is 28.8 Å². The summed E-state index contributed by atoms with van der Waals surface area (Å²) < 4.78 is 41.3. The van der Waals surface area contributed by atoms with Gasteiger partial charge in [0.15, 0.2) is 0 Å². The Morgan fingerprint density at radius 1 is 1.30 bits per heavy atom. The fourth-order valence-electron chi connectivity index (χ4n) is 2.10. The number of carbonyl (C=O) groups excluding carboxylic acids is 2. The summed E-state index contributed by atoms with van der Waals surface area (Å²) in [7, 11) is 0. The molecule has 1 heterocycles. The minimum Gasteiger partial charge on any atom is -0.492 e. The predicted octanol–water partition coefficient (Wildman–Crippen LogP) is 1.69. The molecule has 0 radical (unpaired) electrons. The minimum absolute atomic E-state index is 0.130. The molecule has 0 aliphatic carbocycles. The monoisotopic (exact) mass is 350 g/mol. The third-order valence-corrected chi connectivity index (χ3v) is 3.44. The molecule has 0 spiro atoms. The number of ether oxygens (including phenoxy) is 1. The van der Waals surface area contributed by atoms with E-state index in [0.29, 0.717) is 17.2 Å². The van der Waals surface area contributed by atoms with Gasteiger partial charge in [0.05, 0.1) is 12.5 Å². The fraction of sp³-hybridized carbons (Fsp3) is 0.429. The van der Waals surface area contributed by atoms with Crippen molar-refractivity contribution >= 4 is 23.4 Å². The lowest BCUT2D eigenvalue weighted by atomic mass is 9.96. The van der Waals surface area contributed by atoms with Crippen LogP contribution in [0.3, 0.4) is 0 Å². The molecule has 0 bridgehead atoms. The van der Waals surface area contributed by atoms with Crippen LogP contribution < -0.4 is 15.4 Å². The topological polar surface area (TPSA) is 67.4 Å². The van der Waals surface area contributed by atoms with Gasteiger partial charge in [0, 0.05) is 5.02 Å². The third-order valence-electron chi connectivity index (χ3n) is 3.21. The molecule has 5 nitrogen and oxygen atoms in total. The molecule has 0 fully saturated rings. The quantitative estimate of drug-likeness (QED) is 0.868. The molecule has 1 aliphatic rings. The van der Waals surface area contributed by atoms with E-state index < -0.39 is 37.0 Å². The Bertz CT molecular complexity index is 607. The Morgan fingerprint density at radius 3 is 2.74 bits per heavy atom. The average molecular weight is 351 g/mol. The molecule has 1 atom stereocenters. The summed E-state index contributed by atoms with van der Waals surface area (Å²) in [5.41, 5.74) is 0.769. The van der Waals surface area contributed by atoms with E-state index in [0.717, 1.165) is 5.56 Å². The van der Waals surface area contributed by atoms with Gasteiger partial charge in [0.2, 0.25) is 11.8 Å². The van der Waals surface area contributed by atoms with Crippen LogP contribution in [-0.2, 0) is 16.0 Å². The second-order valence-corrected chi connectivity index (χ2v) is 5.51. The maximum atomic E-state index is 12.0. The second kappa shape index (κ2) is 7.08. The number of rotatable bonds is 4. The molecule has 0 aromatic heterocycles. The van der Waals surface area contributed by atoms with Gasteiger partial charge in [-0.15, -0.1) is 0 Å². The van der Waals surface area contributed by atoms with E-state index in [-0.39, 0.29) is 6.61 Å². The first-order chi connectivity index (χ1) is 10.7. The Kier molecular flexibility index (Phi) is 5.35. The summed E-state index contributed by atoms with van der Waals surface area (Å²) in [5, 5.41) is 4.49. The van der Waals surface area contributed by atoms with Crippen molar-refractivity contribution in [2.24, 2.45) is 5.92 Å². The van der Waals surface area contributed by atoms with Gasteiger partial charge < -0.3 is 15.4 Å². The van der Waals surface area contributed by atoms with E-state index in [1.165, 1.54) is 0 Å². The zero-order valence-electron chi connectivity index (χ0n) is 11.9. The second-order valence-electron chi connectivity index (χ2n) is 5.07. The smallest absolute Gasteiger partial charge is 0.405 e. The predicted molar refractivity (Wildman–Crippen MR) is 76.2 cm³/mol. The number of halogens is 4. The highest BCUT2D eigenvalue weighted by molar-refractivity contribution is 6.30. The van der Waals surface area contributed by atoms with Crippen LogP contribution in [0, 0.1) is 5.92 Å². The number of nitrogens with one attached hydrogen (secondary N) is 2. The van der Waals surface area contributed by atoms with E-state index >= 15 is 0 Å². The molecule has 126 valence electrons. The van der Waals surface area contributed by atoms with Crippen LogP contribution in [0.1, 0.15) is 5.56 Å². The van der Waals surface area contributed by atoms with Crippen molar-refractivity contribution < 1.29 is 27.5 Å². The van der Waals surface area contributed by atoms with Crippen molar-refractivity contribution in [1.29, 1.82) is 0 Å². The molecule has 1 aliphatic heterocycles. The standard InChI is InChI=1S/C14H14ClF3N2O3/c15-10-1-2-11-8(4-10)3-9(6-23-11)13(22)19-5-12(21)20-7-14(16,17)18/h1-2,4,9H,3,5-7H2,(H,19,22)(H,20,21). The molecule has 23 heavy (non-hydrogen) atoms. The molecular weight excluding hydrogens is 337 g/mol. The van der Waals surface area contributed by atoms with E-state index in [9.17, 15) is 22.8 Å². The Labute approximate surface area is 135 Å². The highest BCUT2D eigenvalue weighted by Crippen LogP contribution is 2.29. The van der Waals surface area contributed by atoms with Gasteiger partial charge >= 0.3 is 6.18 Å². The number of alkyl halides is 3. The van der Waals surface area contributed by atoms with Gasteiger partial charge in [-0.2, -0.15) is 13.2 Å². The number of hydrogen-bond donors (Lipinski definition) is 2. The van der Waals surface area contributed by atoms with Gasteiger partial charge in [-0.05, 0) is 30.2 Å². The molecule has 1 unspecified atom stereocenters. The average Bonchev–Trinajstić information content (AvgIpc) is 2.49. The number of carbonyl (C=O) groups is 2. The highest BCUT2D eigenvalue weighted by Gasteiger charge is 2.29. The molecule has 1 aromatic rings. The van der Waals surface area contributed by atoms with Crippen molar-refractivity contribution in [2.45, 2.75) is 12.6 Å². The molecular formula is C14H14ClF3N2O3. The van der Waals surface area contributed by atoms with Crippen LogP contribution in [0.25, 0.3) is 0 Å². The van der Waals surface area contributed by atoms with Crippen molar-refractivity contribution in [2.75, 3.05) is 19.7 Å². The fourth-order valence-corrected chi connectivity index (χ4v) is 2.30. The van der Waals surface area contributed by atoms with Gasteiger partial charge in [-0.25, -0.2) is 0 Å². The first-order valence-electron chi connectivity index (χ1n) is 6.77. The van der Waals surface area contributed by atoms with Crippen LogP contribution in [0.15, 0.2) is 18.2 Å². The lowest BCUT2D eigenvalue weighted by Crippen LogP contribution is -2.44. The zero-order chi connectivity index (χ0) is 17.0. The van der Waals surface area contributed by atoms with Gasteiger partial charge in [-0.1, -0.05) is 11.6 Å². The minimum atomic E-state index is -4.49. The Hall–Kier alpha value is -1.96. The van der Waals surface area contributed by atoms with Crippen LogP contribution in [0.2, 0.25) is 5.02 Å². The summed E-state index contributed by atoms with van der Waals surface area (Å²) in [5.74, 6) is -1.26. The summed E-state index contributed by atoms with van der Waals surface area (Å²) in [6.07, 6.45) is -4.11. The lowest BCUT2D eigenvalue weighted by molar-refractivity contribution is -0.138. The van der Waals surface area contributed by atoms with Crippen molar-refractivity contribution in [1.82, 2.24) is 10.6 Å². The molecule has 1 aromatic carbocycles. The molecule has 0 saturated carbocycles. The Balaban J connectivity index is 1.82. The van der Waals surface area contributed by atoms with Crippen LogP contribution in [-0.4, -0.2) is 37.7 Å².